The zero-order valence-corrected chi connectivity index (χ0v) is 19.2. The molecule has 0 aliphatic carbocycles. The zero-order valence-electron chi connectivity index (χ0n) is 19.2. The Labute approximate surface area is 196 Å². The highest BCUT2D eigenvalue weighted by Crippen LogP contribution is 2.30. The molecule has 0 radical (unpaired) electrons. The minimum Gasteiger partial charge on any atom is -0.369 e. The van der Waals surface area contributed by atoms with Crippen molar-refractivity contribution in [2.75, 3.05) is 42.9 Å². The van der Waals surface area contributed by atoms with E-state index >= 15 is 0 Å². The first kappa shape index (κ1) is 21.4. The van der Waals surface area contributed by atoms with Gasteiger partial charge in [-0.3, -0.25) is 4.90 Å². The van der Waals surface area contributed by atoms with Crippen LogP contribution in [0.4, 0.5) is 11.8 Å². The highest BCUT2D eigenvalue weighted by Gasteiger charge is 2.27. The maximum absolute atomic E-state index is 4.93. The molecule has 2 heterocycles. The van der Waals surface area contributed by atoms with E-state index in [1.165, 1.54) is 11.1 Å². The fourth-order valence-corrected chi connectivity index (χ4v) is 4.65. The Morgan fingerprint density at radius 1 is 0.758 bits per heavy atom. The molecule has 168 valence electrons. The summed E-state index contributed by atoms with van der Waals surface area (Å²) in [6.45, 7) is 6.81. The predicted octanol–water partition coefficient (Wildman–Crippen LogP) is 5.36. The van der Waals surface area contributed by atoms with Crippen LogP contribution in [-0.2, 0) is 0 Å². The maximum atomic E-state index is 4.93. The third kappa shape index (κ3) is 4.69. The molecule has 1 aliphatic heterocycles. The van der Waals surface area contributed by atoms with Crippen LogP contribution in [0.5, 0.6) is 0 Å². The van der Waals surface area contributed by atoms with E-state index in [-0.39, 0.29) is 6.04 Å². The first-order valence-corrected chi connectivity index (χ1v) is 11.9. The van der Waals surface area contributed by atoms with Gasteiger partial charge in [0.1, 0.15) is 5.82 Å². The number of benzene rings is 3. The Morgan fingerprint density at radius 3 is 2.00 bits per heavy atom. The van der Waals surface area contributed by atoms with E-state index in [1.807, 2.05) is 6.07 Å². The lowest BCUT2D eigenvalue weighted by Gasteiger charge is -2.40. The summed E-state index contributed by atoms with van der Waals surface area (Å²) in [6, 6.07) is 30.2. The molecule has 5 heteroatoms. The lowest BCUT2D eigenvalue weighted by Crippen LogP contribution is -2.48. The molecular formula is C28H31N5. The molecule has 1 aliphatic rings. The maximum Gasteiger partial charge on any atom is 0.227 e. The highest BCUT2D eigenvalue weighted by molar-refractivity contribution is 5.90. The molecule has 0 spiro atoms. The Bertz CT molecular complexity index is 1130. The van der Waals surface area contributed by atoms with Crippen molar-refractivity contribution < 1.29 is 0 Å². The first-order chi connectivity index (χ1) is 16.3. The molecule has 0 unspecified atom stereocenters. The largest absolute Gasteiger partial charge is 0.369 e. The van der Waals surface area contributed by atoms with Crippen molar-refractivity contribution in [3.63, 3.8) is 0 Å². The minimum absolute atomic E-state index is 0.258. The molecule has 0 amide bonds. The van der Waals surface area contributed by atoms with E-state index in [9.17, 15) is 0 Å². The van der Waals surface area contributed by atoms with Gasteiger partial charge in [0.05, 0.1) is 11.6 Å². The van der Waals surface area contributed by atoms with Gasteiger partial charge in [-0.1, -0.05) is 79.7 Å². The number of rotatable bonds is 7. The summed E-state index contributed by atoms with van der Waals surface area (Å²) in [4.78, 5) is 14.8. The Kier molecular flexibility index (Phi) is 6.49. The Morgan fingerprint density at radius 2 is 1.36 bits per heavy atom. The minimum atomic E-state index is 0.258. The van der Waals surface area contributed by atoms with Gasteiger partial charge < -0.3 is 10.2 Å². The van der Waals surface area contributed by atoms with E-state index in [1.54, 1.807) is 0 Å². The molecule has 0 bridgehead atoms. The molecule has 4 aromatic rings. The molecular weight excluding hydrogens is 406 g/mol. The summed E-state index contributed by atoms with van der Waals surface area (Å²) in [6.07, 6.45) is 1.06. The number of piperazine rings is 1. The van der Waals surface area contributed by atoms with Crippen molar-refractivity contribution in [3.05, 3.63) is 96.1 Å². The molecule has 1 saturated heterocycles. The summed E-state index contributed by atoms with van der Waals surface area (Å²) in [5, 5.41) is 4.58. The topological polar surface area (TPSA) is 44.3 Å². The van der Waals surface area contributed by atoms with Crippen LogP contribution in [0.25, 0.3) is 10.9 Å². The van der Waals surface area contributed by atoms with Gasteiger partial charge in [-0.15, -0.1) is 0 Å². The summed E-state index contributed by atoms with van der Waals surface area (Å²) >= 11 is 0. The molecule has 33 heavy (non-hydrogen) atoms. The van der Waals surface area contributed by atoms with Crippen LogP contribution >= 0.6 is 0 Å². The molecule has 0 saturated carbocycles. The third-order valence-corrected chi connectivity index (χ3v) is 6.33. The second kappa shape index (κ2) is 10.0. The number of aromatic nitrogens is 2. The van der Waals surface area contributed by atoms with Gasteiger partial charge in [0.25, 0.3) is 0 Å². The molecule has 0 atom stereocenters. The van der Waals surface area contributed by atoms with Gasteiger partial charge in [-0.25, -0.2) is 4.98 Å². The standard InChI is InChI=1S/C28H31N5/c1-2-17-29-27-24-15-9-10-16-25(24)30-28(31-27)33-20-18-32(19-21-33)26(22-11-5-3-6-12-22)23-13-7-4-8-14-23/h3-16,26H,2,17-21H2,1H3,(H,29,30,31). The Balaban J connectivity index is 1.38. The number of nitrogens with one attached hydrogen (secondary N) is 1. The van der Waals surface area contributed by atoms with Crippen LogP contribution in [0.1, 0.15) is 30.5 Å². The van der Waals surface area contributed by atoms with E-state index < -0.39 is 0 Å². The monoisotopic (exact) mass is 437 g/mol. The fraction of sp³-hybridized carbons (Fsp3) is 0.286. The number of nitrogens with zero attached hydrogens (tertiary/aromatic N) is 4. The zero-order chi connectivity index (χ0) is 22.5. The van der Waals surface area contributed by atoms with Crippen molar-refractivity contribution in [3.8, 4) is 0 Å². The van der Waals surface area contributed by atoms with Gasteiger partial charge in [-0.2, -0.15) is 4.98 Å². The van der Waals surface area contributed by atoms with Crippen LogP contribution in [0, 0.1) is 0 Å². The fourth-order valence-electron chi connectivity index (χ4n) is 4.65. The van der Waals surface area contributed by atoms with E-state index in [0.717, 1.165) is 61.8 Å². The Hall–Kier alpha value is -3.44. The van der Waals surface area contributed by atoms with E-state index in [2.05, 4.69) is 101 Å². The van der Waals surface area contributed by atoms with Crippen LogP contribution < -0.4 is 10.2 Å². The lowest BCUT2D eigenvalue weighted by atomic mass is 9.96. The van der Waals surface area contributed by atoms with Gasteiger partial charge in [-0.05, 0) is 29.7 Å². The summed E-state index contributed by atoms with van der Waals surface area (Å²) in [5.41, 5.74) is 3.67. The SMILES string of the molecule is CCCNc1nc(N2CCN(C(c3ccccc3)c3ccccc3)CC2)nc2ccccc12. The van der Waals surface area contributed by atoms with Crippen molar-refractivity contribution in [1.82, 2.24) is 14.9 Å². The molecule has 5 nitrogen and oxygen atoms in total. The smallest absolute Gasteiger partial charge is 0.227 e. The number of hydrogen-bond donors (Lipinski definition) is 1. The number of anilines is 2. The summed E-state index contributed by atoms with van der Waals surface area (Å²) < 4.78 is 0. The van der Waals surface area contributed by atoms with Crippen LogP contribution in [-0.4, -0.2) is 47.6 Å². The van der Waals surface area contributed by atoms with Crippen LogP contribution in [0.2, 0.25) is 0 Å². The predicted molar refractivity (Wildman–Crippen MR) is 137 cm³/mol. The molecule has 1 aromatic heterocycles. The summed E-state index contributed by atoms with van der Waals surface area (Å²) in [7, 11) is 0. The van der Waals surface area contributed by atoms with Gasteiger partial charge in [0, 0.05) is 38.1 Å². The van der Waals surface area contributed by atoms with Gasteiger partial charge >= 0.3 is 0 Å². The quantitative estimate of drug-likeness (QED) is 0.421. The van der Waals surface area contributed by atoms with Gasteiger partial charge in [0.2, 0.25) is 5.95 Å². The number of hydrogen-bond acceptors (Lipinski definition) is 5. The second-order valence-corrected chi connectivity index (χ2v) is 8.56. The average molecular weight is 438 g/mol. The number of fused-ring (bicyclic) bond motifs is 1. The van der Waals surface area contributed by atoms with E-state index in [4.69, 9.17) is 9.97 Å². The van der Waals surface area contributed by atoms with Crippen LogP contribution in [0.15, 0.2) is 84.9 Å². The molecule has 1 fully saturated rings. The number of para-hydroxylation sites is 1. The van der Waals surface area contributed by atoms with Crippen molar-refractivity contribution in [1.29, 1.82) is 0 Å². The van der Waals surface area contributed by atoms with E-state index in [0.29, 0.717) is 0 Å². The summed E-state index contributed by atoms with van der Waals surface area (Å²) in [5.74, 6) is 1.76. The average Bonchev–Trinajstić information content (AvgIpc) is 2.89. The lowest BCUT2D eigenvalue weighted by molar-refractivity contribution is 0.211. The normalized spacial score (nSPS) is 14.7. The third-order valence-electron chi connectivity index (χ3n) is 6.33. The first-order valence-electron chi connectivity index (χ1n) is 11.9. The molecule has 1 N–H and O–H groups in total. The van der Waals surface area contributed by atoms with Crippen molar-refractivity contribution in [2.24, 2.45) is 0 Å². The van der Waals surface area contributed by atoms with Crippen molar-refractivity contribution >= 4 is 22.7 Å². The van der Waals surface area contributed by atoms with Gasteiger partial charge in [0.15, 0.2) is 0 Å². The molecule has 5 rings (SSSR count). The highest BCUT2D eigenvalue weighted by atomic mass is 15.3. The van der Waals surface area contributed by atoms with Crippen LogP contribution in [0.3, 0.4) is 0 Å². The second-order valence-electron chi connectivity index (χ2n) is 8.56. The van der Waals surface area contributed by atoms with Crippen molar-refractivity contribution in [2.45, 2.75) is 19.4 Å². The molecule has 3 aromatic carbocycles.